The Hall–Kier alpha value is -1.24. The van der Waals surface area contributed by atoms with E-state index in [4.69, 9.17) is 10.8 Å². The third-order valence-electron chi connectivity index (χ3n) is 2.36. The second-order valence-electron chi connectivity index (χ2n) is 3.71. The minimum Gasteiger partial charge on any atom is -0.480 e. The van der Waals surface area contributed by atoms with E-state index in [0.717, 1.165) is 15.6 Å². The molecular weight excluding hydrogens is 256 g/mol. The van der Waals surface area contributed by atoms with Crippen LogP contribution in [0.25, 0.3) is 10.6 Å². The van der Waals surface area contributed by atoms with Gasteiger partial charge in [-0.3, -0.25) is 4.79 Å². The molecule has 0 aliphatic carbocycles. The summed E-state index contributed by atoms with van der Waals surface area (Å²) >= 11 is 3.09. The molecule has 1 atom stereocenters. The van der Waals surface area contributed by atoms with Crippen LogP contribution in [0.15, 0.2) is 16.8 Å². The van der Waals surface area contributed by atoms with Gasteiger partial charge in [0.15, 0.2) is 0 Å². The van der Waals surface area contributed by atoms with Crippen LogP contribution in [0.5, 0.6) is 0 Å². The zero-order valence-electron chi connectivity index (χ0n) is 9.21. The number of carboxylic acid groups (broad SMARTS) is 1. The van der Waals surface area contributed by atoms with Crippen molar-refractivity contribution in [3.63, 3.8) is 0 Å². The SMILES string of the molecule is Cc1ccsc1-c1csc(CC(N)C(=O)O)n1. The molecule has 2 aromatic rings. The molecule has 2 aromatic heterocycles. The van der Waals surface area contributed by atoms with Crippen LogP contribution in [0.3, 0.4) is 0 Å². The Kier molecular flexibility index (Phi) is 3.56. The van der Waals surface area contributed by atoms with Crippen LogP contribution in [0.2, 0.25) is 0 Å². The summed E-state index contributed by atoms with van der Waals surface area (Å²) in [4.78, 5) is 16.2. The van der Waals surface area contributed by atoms with Gasteiger partial charge in [-0.05, 0) is 23.9 Å². The van der Waals surface area contributed by atoms with E-state index in [-0.39, 0.29) is 6.42 Å². The maximum Gasteiger partial charge on any atom is 0.320 e. The number of carbonyl (C=O) groups is 1. The number of aryl methyl sites for hydroxylation is 1. The highest BCUT2D eigenvalue weighted by Crippen LogP contribution is 2.30. The number of aromatic nitrogens is 1. The van der Waals surface area contributed by atoms with E-state index < -0.39 is 12.0 Å². The summed E-state index contributed by atoms with van der Waals surface area (Å²) in [6, 6.07) is 1.17. The Morgan fingerprint density at radius 3 is 2.94 bits per heavy atom. The van der Waals surface area contributed by atoms with Crippen LogP contribution in [0, 0.1) is 6.92 Å². The fraction of sp³-hybridized carbons (Fsp3) is 0.273. The van der Waals surface area contributed by atoms with Gasteiger partial charge in [0.1, 0.15) is 6.04 Å². The lowest BCUT2D eigenvalue weighted by Crippen LogP contribution is -2.32. The van der Waals surface area contributed by atoms with Gasteiger partial charge >= 0.3 is 5.97 Å². The molecule has 0 radical (unpaired) electrons. The third kappa shape index (κ3) is 2.71. The lowest BCUT2D eigenvalue weighted by molar-refractivity contribution is -0.138. The molecule has 0 saturated carbocycles. The molecule has 1 unspecified atom stereocenters. The number of carboxylic acids is 1. The van der Waals surface area contributed by atoms with Crippen molar-refractivity contribution in [1.82, 2.24) is 4.98 Å². The number of thiophene rings is 1. The Bertz CT molecular complexity index is 533. The first-order valence-corrected chi connectivity index (χ1v) is 6.81. The average Bonchev–Trinajstić information content (AvgIpc) is 2.86. The van der Waals surface area contributed by atoms with Crippen LogP contribution in [0.4, 0.5) is 0 Å². The Labute approximate surface area is 107 Å². The highest BCUT2D eigenvalue weighted by Gasteiger charge is 2.15. The first-order valence-electron chi connectivity index (χ1n) is 5.05. The van der Waals surface area contributed by atoms with Crippen molar-refractivity contribution >= 4 is 28.6 Å². The van der Waals surface area contributed by atoms with E-state index in [1.165, 1.54) is 16.9 Å². The van der Waals surface area contributed by atoms with Crippen molar-refractivity contribution in [3.05, 3.63) is 27.4 Å². The summed E-state index contributed by atoms with van der Waals surface area (Å²) in [6.45, 7) is 2.04. The lowest BCUT2D eigenvalue weighted by Gasteiger charge is -2.01. The fourth-order valence-electron chi connectivity index (χ4n) is 1.42. The molecule has 3 N–H and O–H groups in total. The highest BCUT2D eigenvalue weighted by molar-refractivity contribution is 7.14. The summed E-state index contributed by atoms with van der Waals surface area (Å²) in [5.74, 6) is -0.992. The van der Waals surface area contributed by atoms with Crippen molar-refractivity contribution in [2.45, 2.75) is 19.4 Å². The molecule has 2 heterocycles. The smallest absolute Gasteiger partial charge is 0.320 e. The fourth-order valence-corrected chi connectivity index (χ4v) is 3.23. The molecule has 17 heavy (non-hydrogen) atoms. The molecule has 0 spiro atoms. The van der Waals surface area contributed by atoms with E-state index in [1.54, 1.807) is 11.3 Å². The number of nitrogens with two attached hydrogens (primary N) is 1. The number of nitrogens with zero attached hydrogens (tertiary/aromatic N) is 1. The number of rotatable bonds is 4. The number of hydrogen-bond donors (Lipinski definition) is 2. The first kappa shape index (κ1) is 12.2. The van der Waals surface area contributed by atoms with E-state index in [0.29, 0.717) is 0 Å². The van der Waals surface area contributed by atoms with Gasteiger partial charge in [-0.25, -0.2) is 4.98 Å². The second kappa shape index (κ2) is 4.95. The lowest BCUT2D eigenvalue weighted by atomic mass is 10.2. The normalized spacial score (nSPS) is 12.6. The molecule has 0 fully saturated rings. The molecule has 0 aromatic carbocycles. The monoisotopic (exact) mass is 268 g/mol. The maximum atomic E-state index is 10.6. The van der Waals surface area contributed by atoms with E-state index in [1.807, 2.05) is 23.8 Å². The first-order chi connectivity index (χ1) is 8.08. The van der Waals surface area contributed by atoms with Crippen molar-refractivity contribution in [2.24, 2.45) is 5.73 Å². The summed E-state index contributed by atoms with van der Waals surface area (Å²) in [7, 11) is 0. The topological polar surface area (TPSA) is 76.2 Å². The van der Waals surface area contributed by atoms with Gasteiger partial charge in [-0.15, -0.1) is 22.7 Å². The van der Waals surface area contributed by atoms with Gasteiger partial charge in [0.05, 0.1) is 15.6 Å². The van der Waals surface area contributed by atoms with Crippen LogP contribution in [0.1, 0.15) is 10.6 Å². The molecule has 4 nitrogen and oxygen atoms in total. The quantitative estimate of drug-likeness (QED) is 0.890. The van der Waals surface area contributed by atoms with Crippen LogP contribution in [-0.2, 0) is 11.2 Å². The molecular formula is C11H12N2O2S2. The third-order valence-corrected chi connectivity index (χ3v) is 4.27. The van der Waals surface area contributed by atoms with Crippen molar-refractivity contribution in [3.8, 4) is 10.6 Å². The van der Waals surface area contributed by atoms with E-state index in [9.17, 15) is 4.79 Å². The minimum absolute atomic E-state index is 0.282. The van der Waals surface area contributed by atoms with E-state index in [2.05, 4.69) is 4.98 Å². The van der Waals surface area contributed by atoms with Crippen LogP contribution in [-0.4, -0.2) is 22.1 Å². The van der Waals surface area contributed by atoms with E-state index >= 15 is 0 Å². The predicted molar refractivity (Wildman–Crippen MR) is 69.5 cm³/mol. The molecule has 2 rings (SSSR count). The van der Waals surface area contributed by atoms with Crippen LogP contribution >= 0.6 is 22.7 Å². The summed E-state index contributed by atoms with van der Waals surface area (Å²) < 4.78 is 0. The summed E-state index contributed by atoms with van der Waals surface area (Å²) in [5.41, 5.74) is 7.58. The van der Waals surface area contributed by atoms with Gasteiger partial charge in [-0.2, -0.15) is 0 Å². The standard InChI is InChI=1S/C11H12N2O2S2/c1-6-2-3-16-10(6)8-5-17-9(13-8)4-7(12)11(14)15/h2-3,5,7H,4,12H2,1H3,(H,14,15). The van der Waals surface area contributed by atoms with Gasteiger partial charge in [-0.1, -0.05) is 0 Å². The largest absolute Gasteiger partial charge is 0.480 e. The van der Waals surface area contributed by atoms with Crippen LogP contribution < -0.4 is 5.73 Å². The molecule has 0 amide bonds. The predicted octanol–water partition coefficient (Wildman–Crippen LogP) is 2.13. The Balaban J connectivity index is 2.17. The Morgan fingerprint density at radius 1 is 1.59 bits per heavy atom. The molecule has 0 aliphatic heterocycles. The second-order valence-corrected chi connectivity index (χ2v) is 5.57. The van der Waals surface area contributed by atoms with Gasteiger partial charge in [0, 0.05) is 11.8 Å². The van der Waals surface area contributed by atoms with Crippen molar-refractivity contribution in [1.29, 1.82) is 0 Å². The molecule has 90 valence electrons. The summed E-state index contributed by atoms with van der Waals surface area (Å²) in [5, 5.41) is 13.5. The minimum atomic E-state index is -0.992. The number of thiazole rings is 1. The van der Waals surface area contributed by atoms with Gasteiger partial charge in [0.25, 0.3) is 0 Å². The van der Waals surface area contributed by atoms with Crippen molar-refractivity contribution in [2.75, 3.05) is 0 Å². The zero-order chi connectivity index (χ0) is 12.4. The number of hydrogen-bond acceptors (Lipinski definition) is 5. The molecule has 6 heteroatoms. The van der Waals surface area contributed by atoms with Gasteiger partial charge in [0.2, 0.25) is 0 Å². The molecule has 0 aliphatic rings. The zero-order valence-corrected chi connectivity index (χ0v) is 10.8. The average molecular weight is 268 g/mol. The highest BCUT2D eigenvalue weighted by atomic mass is 32.1. The summed E-state index contributed by atoms with van der Waals surface area (Å²) in [6.07, 6.45) is 0.282. The Morgan fingerprint density at radius 2 is 2.35 bits per heavy atom. The maximum absolute atomic E-state index is 10.6. The number of aliphatic carboxylic acids is 1. The van der Waals surface area contributed by atoms with Gasteiger partial charge < -0.3 is 10.8 Å². The molecule has 0 saturated heterocycles. The molecule has 0 bridgehead atoms. The van der Waals surface area contributed by atoms with Crippen molar-refractivity contribution < 1.29 is 9.90 Å².